The normalized spacial score (nSPS) is 24.6. The number of amides is 2. The largest absolute Gasteiger partial charge is 0.341 e. The third-order valence-corrected chi connectivity index (χ3v) is 5.08. The van der Waals surface area contributed by atoms with Crippen molar-refractivity contribution in [3.63, 3.8) is 0 Å². The van der Waals surface area contributed by atoms with Gasteiger partial charge >= 0.3 is 0 Å². The zero-order valence-corrected chi connectivity index (χ0v) is 14.1. The molecule has 3 fully saturated rings. The van der Waals surface area contributed by atoms with E-state index in [0.29, 0.717) is 0 Å². The van der Waals surface area contributed by atoms with E-state index in [1.165, 1.54) is 0 Å². The summed E-state index contributed by atoms with van der Waals surface area (Å²) in [7, 11) is 0. The fourth-order valence-corrected chi connectivity index (χ4v) is 3.41. The van der Waals surface area contributed by atoms with E-state index in [1.54, 1.807) is 0 Å². The summed E-state index contributed by atoms with van der Waals surface area (Å²) in [6, 6.07) is -0.0503. The van der Waals surface area contributed by atoms with E-state index in [1.807, 2.05) is 16.7 Å². The van der Waals surface area contributed by atoms with E-state index in [2.05, 4.69) is 10.2 Å². The van der Waals surface area contributed by atoms with Gasteiger partial charge in [-0.3, -0.25) is 14.5 Å². The van der Waals surface area contributed by atoms with Gasteiger partial charge in [-0.2, -0.15) is 0 Å². The molecule has 1 unspecified atom stereocenters. The van der Waals surface area contributed by atoms with E-state index < -0.39 is 0 Å². The van der Waals surface area contributed by atoms with Gasteiger partial charge in [-0.05, 0) is 19.8 Å². The first-order chi connectivity index (χ1) is 10.2. The Morgan fingerprint density at radius 3 is 2.05 bits per heavy atom. The van der Waals surface area contributed by atoms with Crippen molar-refractivity contribution >= 4 is 24.2 Å². The van der Waals surface area contributed by atoms with Crippen molar-refractivity contribution in [2.24, 2.45) is 5.92 Å². The fraction of sp³-hybridized carbons (Fsp3) is 0.867. The highest BCUT2D eigenvalue weighted by Gasteiger charge is 2.34. The van der Waals surface area contributed by atoms with Gasteiger partial charge in [-0.15, -0.1) is 12.4 Å². The van der Waals surface area contributed by atoms with Crippen LogP contribution in [-0.2, 0) is 9.59 Å². The maximum atomic E-state index is 12.4. The number of hydrogen-bond donors (Lipinski definition) is 1. The van der Waals surface area contributed by atoms with Crippen LogP contribution in [0.15, 0.2) is 0 Å². The maximum absolute atomic E-state index is 12.4. The van der Waals surface area contributed by atoms with Crippen molar-refractivity contribution in [3.05, 3.63) is 0 Å². The number of nitrogens with one attached hydrogen (secondary N) is 1. The molecule has 3 aliphatic heterocycles. The minimum absolute atomic E-state index is 0. The van der Waals surface area contributed by atoms with Gasteiger partial charge in [0.2, 0.25) is 11.8 Å². The summed E-state index contributed by atoms with van der Waals surface area (Å²) in [4.78, 5) is 30.8. The van der Waals surface area contributed by atoms with Gasteiger partial charge in [0.05, 0.1) is 12.0 Å². The lowest BCUT2D eigenvalue weighted by atomic mass is 10.0. The zero-order chi connectivity index (χ0) is 14.8. The molecule has 2 amide bonds. The summed E-state index contributed by atoms with van der Waals surface area (Å²) in [6.45, 7) is 8.62. The van der Waals surface area contributed by atoms with Crippen molar-refractivity contribution in [1.82, 2.24) is 20.0 Å². The topological polar surface area (TPSA) is 55.9 Å². The van der Waals surface area contributed by atoms with Crippen LogP contribution in [0.3, 0.4) is 0 Å². The molecule has 0 aromatic carbocycles. The number of nitrogens with zero attached hydrogens (tertiary/aromatic N) is 3. The second-order valence-electron chi connectivity index (χ2n) is 6.42. The van der Waals surface area contributed by atoms with Crippen LogP contribution < -0.4 is 5.32 Å². The number of rotatable bonds is 3. The Labute approximate surface area is 138 Å². The highest BCUT2D eigenvalue weighted by Crippen LogP contribution is 2.15. The molecule has 0 aromatic rings. The lowest BCUT2D eigenvalue weighted by molar-refractivity contribution is -0.141. The third-order valence-electron chi connectivity index (χ3n) is 5.08. The molecule has 7 heteroatoms. The summed E-state index contributed by atoms with van der Waals surface area (Å²) in [6.07, 6.45) is 2.27. The van der Waals surface area contributed by atoms with E-state index in [0.717, 1.165) is 65.2 Å². The van der Waals surface area contributed by atoms with Crippen LogP contribution in [0.25, 0.3) is 0 Å². The Morgan fingerprint density at radius 1 is 0.955 bits per heavy atom. The second-order valence-corrected chi connectivity index (χ2v) is 6.42. The number of carbonyl (C=O) groups is 2. The molecule has 0 aliphatic carbocycles. The standard InChI is InChI=1S/C15H26N4O2.ClH/c1-12(14(20)18-4-2-3-5-18)17-6-8-19(9-7-17)15(21)13-10-16-11-13;/h12-13,16H,2-11H2,1H3;1H. The van der Waals surface area contributed by atoms with Crippen LogP contribution in [0, 0.1) is 5.92 Å². The highest BCUT2D eigenvalue weighted by atomic mass is 35.5. The van der Waals surface area contributed by atoms with Crippen LogP contribution in [0.5, 0.6) is 0 Å². The molecular formula is C15H27ClN4O2. The van der Waals surface area contributed by atoms with Crippen molar-refractivity contribution < 1.29 is 9.59 Å². The smallest absolute Gasteiger partial charge is 0.239 e. The number of carbonyl (C=O) groups excluding carboxylic acids is 2. The molecule has 3 saturated heterocycles. The first-order valence-electron chi connectivity index (χ1n) is 8.19. The molecule has 0 bridgehead atoms. The number of halogens is 1. The van der Waals surface area contributed by atoms with Crippen LogP contribution in [-0.4, -0.2) is 84.9 Å². The molecule has 22 heavy (non-hydrogen) atoms. The van der Waals surface area contributed by atoms with Crippen molar-refractivity contribution in [3.8, 4) is 0 Å². The van der Waals surface area contributed by atoms with Gasteiger partial charge < -0.3 is 15.1 Å². The predicted octanol–water partition coefficient (Wildman–Crippen LogP) is -0.217. The average Bonchev–Trinajstić information content (AvgIpc) is 2.98. The third kappa shape index (κ3) is 3.55. The minimum Gasteiger partial charge on any atom is -0.341 e. The van der Waals surface area contributed by atoms with Crippen LogP contribution in [0.4, 0.5) is 0 Å². The summed E-state index contributed by atoms with van der Waals surface area (Å²) in [5.74, 6) is 0.725. The monoisotopic (exact) mass is 330 g/mol. The Balaban J connectivity index is 0.00000176. The SMILES string of the molecule is CC(C(=O)N1CCCC1)N1CCN(C(=O)C2CNC2)CC1.Cl. The number of hydrogen-bond acceptors (Lipinski definition) is 4. The average molecular weight is 331 g/mol. The number of piperazine rings is 1. The predicted molar refractivity (Wildman–Crippen MR) is 87.0 cm³/mol. The van der Waals surface area contributed by atoms with E-state index in [4.69, 9.17) is 0 Å². The number of likely N-dealkylation sites (tertiary alicyclic amines) is 1. The summed E-state index contributed by atoms with van der Waals surface area (Å²) >= 11 is 0. The maximum Gasteiger partial charge on any atom is 0.239 e. The minimum atomic E-state index is -0.0503. The van der Waals surface area contributed by atoms with E-state index in [-0.39, 0.29) is 36.2 Å². The molecule has 3 aliphatic rings. The Hall–Kier alpha value is -0.850. The quantitative estimate of drug-likeness (QED) is 0.777. The van der Waals surface area contributed by atoms with Gasteiger partial charge in [0.1, 0.15) is 0 Å². The molecule has 6 nitrogen and oxygen atoms in total. The van der Waals surface area contributed by atoms with E-state index >= 15 is 0 Å². The molecule has 0 aromatic heterocycles. The van der Waals surface area contributed by atoms with Crippen molar-refractivity contribution in [1.29, 1.82) is 0 Å². The molecule has 3 heterocycles. The first kappa shape index (κ1) is 17.5. The lowest BCUT2D eigenvalue weighted by Crippen LogP contribution is -2.59. The van der Waals surface area contributed by atoms with Gasteiger partial charge in [0.25, 0.3) is 0 Å². The Morgan fingerprint density at radius 2 is 1.55 bits per heavy atom. The lowest BCUT2D eigenvalue weighted by Gasteiger charge is -2.40. The molecule has 1 N–H and O–H groups in total. The molecular weight excluding hydrogens is 304 g/mol. The second kappa shape index (κ2) is 7.62. The van der Waals surface area contributed by atoms with Crippen molar-refractivity contribution in [2.75, 3.05) is 52.4 Å². The first-order valence-corrected chi connectivity index (χ1v) is 8.19. The van der Waals surface area contributed by atoms with Crippen LogP contribution in [0.1, 0.15) is 19.8 Å². The molecule has 0 radical (unpaired) electrons. The molecule has 126 valence electrons. The molecule has 3 rings (SSSR count). The summed E-state index contributed by atoms with van der Waals surface area (Å²) in [5.41, 5.74) is 0. The van der Waals surface area contributed by atoms with E-state index in [9.17, 15) is 9.59 Å². The van der Waals surface area contributed by atoms with Crippen molar-refractivity contribution in [2.45, 2.75) is 25.8 Å². The Kier molecular flexibility index (Phi) is 6.06. The zero-order valence-electron chi connectivity index (χ0n) is 13.3. The Bertz CT molecular complexity index is 402. The van der Waals surface area contributed by atoms with Crippen LogP contribution >= 0.6 is 12.4 Å². The summed E-state index contributed by atoms with van der Waals surface area (Å²) in [5, 5.41) is 3.15. The highest BCUT2D eigenvalue weighted by molar-refractivity contribution is 5.85. The van der Waals surface area contributed by atoms with Gasteiger partial charge in [-0.1, -0.05) is 0 Å². The summed E-state index contributed by atoms with van der Waals surface area (Å²) < 4.78 is 0. The van der Waals surface area contributed by atoms with Crippen LogP contribution in [0.2, 0.25) is 0 Å². The van der Waals surface area contributed by atoms with Gasteiger partial charge in [0.15, 0.2) is 0 Å². The van der Waals surface area contributed by atoms with Gasteiger partial charge in [0, 0.05) is 52.4 Å². The molecule has 0 spiro atoms. The van der Waals surface area contributed by atoms with Gasteiger partial charge in [-0.25, -0.2) is 0 Å². The fourth-order valence-electron chi connectivity index (χ4n) is 3.41. The molecule has 0 saturated carbocycles. The molecule has 1 atom stereocenters.